The minimum Gasteiger partial charge on any atom is -0.399 e. The molecule has 1 aliphatic rings. The first-order chi connectivity index (χ1) is 10.2. The molecule has 0 spiro atoms. The molecule has 1 heteroatoms. The predicted molar refractivity (Wildman–Crippen MR) is 90.6 cm³/mol. The molecule has 4 rings (SSSR count). The van der Waals surface area contributed by atoms with Gasteiger partial charge in [-0.2, -0.15) is 0 Å². The van der Waals surface area contributed by atoms with E-state index in [-0.39, 0.29) is 0 Å². The highest BCUT2D eigenvalue weighted by Gasteiger charge is 2.15. The summed E-state index contributed by atoms with van der Waals surface area (Å²) >= 11 is 0. The highest BCUT2D eigenvalue weighted by atomic mass is 14.5. The van der Waals surface area contributed by atoms with Crippen LogP contribution in [0.1, 0.15) is 23.1 Å². The lowest BCUT2D eigenvalue weighted by Crippen LogP contribution is -1.90. The van der Waals surface area contributed by atoms with Gasteiger partial charge in [0.05, 0.1) is 0 Å². The number of anilines is 1. The van der Waals surface area contributed by atoms with Crippen LogP contribution >= 0.6 is 0 Å². The molecule has 0 saturated carbocycles. The molecule has 21 heavy (non-hydrogen) atoms. The Labute approximate surface area is 125 Å². The Bertz CT molecular complexity index is 846. The number of hydrogen-bond donors (Lipinski definition) is 1. The second-order valence-corrected chi connectivity index (χ2v) is 6.07. The normalized spacial score (nSPS) is 13.6. The molecule has 0 bridgehead atoms. The lowest BCUT2D eigenvalue weighted by atomic mass is 9.94. The molecule has 0 saturated heterocycles. The number of fused-ring (bicyclic) bond motifs is 2. The van der Waals surface area contributed by atoms with Gasteiger partial charge in [-0.3, -0.25) is 0 Å². The van der Waals surface area contributed by atoms with Crippen LogP contribution in [0.4, 0.5) is 5.69 Å². The number of rotatable bonds is 1. The van der Waals surface area contributed by atoms with E-state index < -0.39 is 0 Å². The fourth-order valence-corrected chi connectivity index (χ4v) is 3.65. The molecule has 3 aromatic carbocycles. The number of nitrogens with two attached hydrogens (primary N) is 1. The minimum absolute atomic E-state index is 0.843. The van der Waals surface area contributed by atoms with Crippen LogP contribution in [0.3, 0.4) is 0 Å². The predicted octanol–water partition coefficient (Wildman–Crippen LogP) is 4.89. The summed E-state index contributed by atoms with van der Waals surface area (Å²) in [4.78, 5) is 0. The maximum atomic E-state index is 6.00. The van der Waals surface area contributed by atoms with Gasteiger partial charge in [0.25, 0.3) is 0 Å². The first kappa shape index (κ1) is 12.5. The molecule has 0 aliphatic heterocycles. The largest absolute Gasteiger partial charge is 0.399 e. The Hall–Kier alpha value is -2.28. The molecule has 0 radical (unpaired) electrons. The van der Waals surface area contributed by atoms with E-state index >= 15 is 0 Å². The molecule has 3 aromatic rings. The summed E-state index contributed by atoms with van der Waals surface area (Å²) in [5.74, 6) is 0. The second kappa shape index (κ2) is 4.63. The highest BCUT2D eigenvalue weighted by Crippen LogP contribution is 2.34. The van der Waals surface area contributed by atoms with Crippen molar-refractivity contribution >= 4 is 16.5 Å². The summed E-state index contributed by atoms with van der Waals surface area (Å²) in [7, 11) is 0. The lowest BCUT2D eigenvalue weighted by Gasteiger charge is -2.11. The first-order valence-electron chi connectivity index (χ1n) is 7.63. The fourth-order valence-electron chi connectivity index (χ4n) is 3.65. The Morgan fingerprint density at radius 3 is 2.76 bits per heavy atom. The molecule has 1 aliphatic carbocycles. The van der Waals surface area contributed by atoms with Crippen molar-refractivity contribution in [3.05, 3.63) is 65.2 Å². The summed E-state index contributed by atoms with van der Waals surface area (Å²) < 4.78 is 0. The van der Waals surface area contributed by atoms with E-state index in [0.717, 1.165) is 5.69 Å². The van der Waals surface area contributed by atoms with Crippen molar-refractivity contribution in [2.45, 2.75) is 26.2 Å². The number of benzene rings is 3. The van der Waals surface area contributed by atoms with E-state index in [4.69, 9.17) is 5.73 Å². The maximum Gasteiger partial charge on any atom is 0.0323 e. The molecule has 0 amide bonds. The van der Waals surface area contributed by atoms with E-state index in [1.807, 2.05) is 6.07 Å². The van der Waals surface area contributed by atoms with Crippen LogP contribution in [0.2, 0.25) is 0 Å². The van der Waals surface area contributed by atoms with E-state index in [2.05, 4.69) is 49.4 Å². The van der Waals surface area contributed by atoms with Crippen LogP contribution in [0.15, 0.2) is 48.5 Å². The van der Waals surface area contributed by atoms with Gasteiger partial charge in [-0.25, -0.2) is 0 Å². The van der Waals surface area contributed by atoms with E-state index in [1.165, 1.54) is 57.9 Å². The molecule has 0 atom stereocenters. The van der Waals surface area contributed by atoms with Gasteiger partial charge in [-0.1, -0.05) is 30.3 Å². The fraction of sp³-hybridized carbons (Fsp3) is 0.200. The number of aryl methyl sites for hydroxylation is 2. The third kappa shape index (κ3) is 2.01. The van der Waals surface area contributed by atoms with E-state index in [0.29, 0.717) is 0 Å². The third-order valence-corrected chi connectivity index (χ3v) is 4.64. The van der Waals surface area contributed by atoms with Crippen LogP contribution in [0, 0.1) is 6.92 Å². The van der Waals surface area contributed by atoms with Crippen molar-refractivity contribution in [2.75, 3.05) is 5.73 Å². The standard InChI is InChI=1S/C20H19N/c1-13-10-17(21)12-16-11-15(8-9-18(13)16)20-7-3-5-14-4-2-6-19(14)20/h3,5,7-12H,2,4,6,21H2,1H3. The zero-order valence-electron chi connectivity index (χ0n) is 12.3. The smallest absolute Gasteiger partial charge is 0.0323 e. The first-order valence-corrected chi connectivity index (χ1v) is 7.63. The van der Waals surface area contributed by atoms with Crippen molar-refractivity contribution in [1.29, 1.82) is 0 Å². The minimum atomic E-state index is 0.843. The van der Waals surface area contributed by atoms with Gasteiger partial charge in [-0.15, -0.1) is 0 Å². The van der Waals surface area contributed by atoms with Crippen molar-refractivity contribution in [3.8, 4) is 11.1 Å². The van der Waals surface area contributed by atoms with Crippen LogP contribution in [0.5, 0.6) is 0 Å². The summed E-state index contributed by atoms with van der Waals surface area (Å²) in [6, 6.07) is 17.6. The van der Waals surface area contributed by atoms with Gasteiger partial charge in [-0.05, 0) is 83.0 Å². The Kier molecular flexibility index (Phi) is 2.75. The van der Waals surface area contributed by atoms with E-state index in [9.17, 15) is 0 Å². The summed E-state index contributed by atoms with van der Waals surface area (Å²) in [6.07, 6.45) is 3.72. The van der Waals surface area contributed by atoms with Crippen LogP contribution < -0.4 is 5.73 Å². The van der Waals surface area contributed by atoms with Crippen LogP contribution in [0.25, 0.3) is 21.9 Å². The quantitative estimate of drug-likeness (QED) is 0.628. The number of hydrogen-bond acceptors (Lipinski definition) is 1. The summed E-state index contributed by atoms with van der Waals surface area (Å²) in [6.45, 7) is 2.12. The zero-order valence-corrected chi connectivity index (χ0v) is 12.3. The Balaban J connectivity index is 1.94. The molecule has 0 fully saturated rings. The molecule has 0 heterocycles. The van der Waals surface area contributed by atoms with Gasteiger partial charge < -0.3 is 5.73 Å². The SMILES string of the molecule is Cc1cc(N)cc2cc(-c3cccc4c3CCC4)ccc12. The summed E-state index contributed by atoms with van der Waals surface area (Å²) in [5, 5.41) is 2.53. The summed E-state index contributed by atoms with van der Waals surface area (Å²) in [5.41, 5.74) is 13.9. The number of nitrogen functional groups attached to an aromatic ring is 1. The third-order valence-electron chi connectivity index (χ3n) is 4.64. The highest BCUT2D eigenvalue weighted by molar-refractivity contribution is 5.92. The average Bonchev–Trinajstić information content (AvgIpc) is 2.94. The maximum absolute atomic E-state index is 6.00. The molecule has 1 nitrogen and oxygen atoms in total. The Morgan fingerprint density at radius 1 is 0.952 bits per heavy atom. The molecule has 0 unspecified atom stereocenters. The van der Waals surface area contributed by atoms with E-state index in [1.54, 1.807) is 0 Å². The molecule has 2 N–H and O–H groups in total. The van der Waals surface area contributed by atoms with Crippen molar-refractivity contribution < 1.29 is 0 Å². The van der Waals surface area contributed by atoms with Gasteiger partial charge >= 0.3 is 0 Å². The average molecular weight is 273 g/mol. The van der Waals surface area contributed by atoms with Crippen LogP contribution in [-0.2, 0) is 12.8 Å². The van der Waals surface area contributed by atoms with Gasteiger partial charge in [0.1, 0.15) is 0 Å². The van der Waals surface area contributed by atoms with Crippen molar-refractivity contribution in [1.82, 2.24) is 0 Å². The topological polar surface area (TPSA) is 26.0 Å². The van der Waals surface area contributed by atoms with Gasteiger partial charge in [0.2, 0.25) is 0 Å². The molecule has 104 valence electrons. The molecule has 0 aromatic heterocycles. The monoisotopic (exact) mass is 273 g/mol. The second-order valence-electron chi connectivity index (χ2n) is 6.07. The van der Waals surface area contributed by atoms with Crippen molar-refractivity contribution in [2.24, 2.45) is 0 Å². The molecular weight excluding hydrogens is 254 g/mol. The lowest BCUT2D eigenvalue weighted by molar-refractivity contribution is 0.912. The van der Waals surface area contributed by atoms with Gasteiger partial charge in [0, 0.05) is 5.69 Å². The molecular formula is C20H19N. The zero-order chi connectivity index (χ0) is 14.4. The Morgan fingerprint density at radius 2 is 1.86 bits per heavy atom. The van der Waals surface area contributed by atoms with Gasteiger partial charge in [0.15, 0.2) is 0 Å². The van der Waals surface area contributed by atoms with Crippen LogP contribution in [-0.4, -0.2) is 0 Å². The van der Waals surface area contributed by atoms with Crippen molar-refractivity contribution in [3.63, 3.8) is 0 Å².